The predicted octanol–water partition coefficient (Wildman–Crippen LogP) is 4.63. The highest BCUT2D eigenvalue weighted by Crippen LogP contribution is 2.34. The maximum absolute atomic E-state index is 14.0. The molecule has 0 saturated heterocycles. The van der Waals surface area contributed by atoms with Crippen LogP contribution in [0.15, 0.2) is 66.9 Å². The van der Waals surface area contributed by atoms with Gasteiger partial charge in [0.2, 0.25) is 0 Å². The highest BCUT2D eigenvalue weighted by Gasteiger charge is 2.28. The van der Waals surface area contributed by atoms with Crippen LogP contribution in [0.1, 0.15) is 29.3 Å². The highest BCUT2D eigenvalue weighted by molar-refractivity contribution is 5.35. The third-order valence-corrected chi connectivity index (χ3v) is 5.08. The molecule has 0 spiro atoms. The lowest BCUT2D eigenvalue weighted by atomic mass is 10.0. The summed E-state index contributed by atoms with van der Waals surface area (Å²) in [6, 6.07) is 19.3. The van der Waals surface area contributed by atoms with E-state index >= 15 is 0 Å². The molecule has 0 amide bonds. The standard InChI is InChI=1S/C22H23FN2O/c1-26-21-11-3-2-7-18(21)16-25-14-6-13-24-12-5-10-20(24)22(25)17-8-4-9-19(23)15-17/h2-5,7-12,15,22H,6,13-14,16H2,1H3. The molecule has 0 fully saturated rings. The molecular weight excluding hydrogens is 327 g/mol. The molecule has 134 valence electrons. The minimum Gasteiger partial charge on any atom is -0.496 e. The number of ether oxygens (including phenoxy) is 1. The van der Waals surface area contributed by atoms with Gasteiger partial charge in [-0.15, -0.1) is 0 Å². The van der Waals surface area contributed by atoms with E-state index in [4.69, 9.17) is 4.74 Å². The molecule has 1 unspecified atom stereocenters. The van der Waals surface area contributed by atoms with Crippen LogP contribution in [-0.2, 0) is 13.1 Å². The summed E-state index contributed by atoms with van der Waals surface area (Å²) in [5.41, 5.74) is 3.35. The topological polar surface area (TPSA) is 17.4 Å². The first-order valence-electron chi connectivity index (χ1n) is 9.03. The number of aromatic nitrogens is 1. The van der Waals surface area contributed by atoms with Gasteiger partial charge in [-0.2, -0.15) is 0 Å². The van der Waals surface area contributed by atoms with Gasteiger partial charge in [0.1, 0.15) is 11.6 Å². The van der Waals surface area contributed by atoms with Crippen LogP contribution in [0.2, 0.25) is 0 Å². The van der Waals surface area contributed by atoms with E-state index in [0.717, 1.165) is 42.9 Å². The molecule has 26 heavy (non-hydrogen) atoms. The van der Waals surface area contributed by atoms with E-state index in [1.54, 1.807) is 19.2 Å². The monoisotopic (exact) mass is 350 g/mol. The van der Waals surface area contributed by atoms with Crippen molar-refractivity contribution in [3.63, 3.8) is 0 Å². The second-order valence-electron chi connectivity index (χ2n) is 6.72. The van der Waals surface area contributed by atoms with E-state index in [-0.39, 0.29) is 11.9 Å². The molecule has 2 aromatic carbocycles. The Kier molecular flexibility index (Phi) is 4.76. The van der Waals surface area contributed by atoms with E-state index in [1.165, 1.54) is 11.8 Å². The summed E-state index contributed by atoms with van der Waals surface area (Å²) in [7, 11) is 1.70. The van der Waals surface area contributed by atoms with Crippen LogP contribution in [0, 0.1) is 5.82 Å². The van der Waals surface area contributed by atoms with Crippen LogP contribution in [0.25, 0.3) is 0 Å². The van der Waals surface area contributed by atoms with Crippen LogP contribution >= 0.6 is 0 Å². The van der Waals surface area contributed by atoms with Crippen molar-refractivity contribution >= 4 is 0 Å². The molecule has 4 rings (SSSR count). The van der Waals surface area contributed by atoms with Crippen molar-refractivity contribution in [1.29, 1.82) is 0 Å². The molecule has 0 bridgehead atoms. The Labute approximate surface area is 153 Å². The van der Waals surface area contributed by atoms with E-state index in [1.807, 2.05) is 24.3 Å². The van der Waals surface area contributed by atoms with Crippen molar-refractivity contribution in [3.05, 3.63) is 89.5 Å². The van der Waals surface area contributed by atoms with Gasteiger partial charge in [0.25, 0.3) is 0 Å². The van der Waals surface area contributed by atoms with E-state index in [0.29, 0.717) is 0 Å². The quantitative estimate of drug-likeness (QED) is 0.682. The first-order chi connectivity index (χ1) is 12.8. The lowest BCUT2D eigenvalue weighted by molar-refractivity contribution is 0.217. The summed E-state index contributed by atoms with van der Waals surface area (Å²) in [4.78, 5) is 2.42. The van der Waals surface area contributed by atoms with Crippen LogP contribution in [-0.4, -0.2) is 23.1 Å². The van der Waals surface area contributed by atoms with Gasteiger partial charge >= 0.3 is 0 Å². The van der Waals surface area contributed by atoms with Crippen molar-refractivity contribution in [3.8, 4) is 5.75 Å². The molecule has 3 aromatic rings. The minimum atomic E-state index is -0.193. The molecule has 0 saturated carbocycles. The van der Waals surface area contributed by atoms with Gasteiger partial charge in [-0.05, 0) is 42.3 Å². The summed E-state index contributed by atoms with van der Waals surface area (Å²) in [5.74, 6) is 0.701. The Morgan fingerprint density at radius 2 is 1.92 bits per heavy atom. The Morgan fingerprint density at radius 1 is 1.04 bits per heavy atom. The smallest absolute Gasteiger partial charge is 0.123 e. The summed E-state index contributed by atoms with van der Waals surface area (Å²) in [5, 5.41) is 0. The Hall–Kier alpha value is -2.59. The number of nitrogens with zero attached hydrogens (tertiary/aromatic N) is 2. The fourth-order valence-corrected chi connectivity index (χ4v) is 3.92. The lowest BCUT2D eigenvalue weighted by Gasteiger charge is -2.31. The molecular formula is C22H23FN2O. The number of benzene rings is 2. The molecule has 1 aromatic heterocycles. The average Bonchev–Trinajstić information content (AvgIpc) is 3.03. The van der Waals surface area contributed by atoms with Crippen LogP contribution in [0.5, 0.6) is 5.75 Å². The zero-order valence-electron chi connectivity index (χ0n) is 14.9. The second kappa shape index (κ2) is 7.34. The molecule has 1 aliphatic heterocycles. The number of rotatable bonds is 4. The minimum absolute atomic E-state index is 0.0214. The van der Waals surface area contributed by atoms with Gasteiger partial charge in [-0.3, -0.25) is 4.90 Å². The van der Waals surface area contributed by atoms with Gasteiger partial charge in [-0.25, -0.2) is 4.39 Å². The first kappa shape index (κ1) is 16.9. The van der Waals surface area contributed by atoms with Crippen molar-refractivity contribution < 1.29 is 9.13 Å². The van der Waals surface area contributed by atoms with Crippen molar-refractivity contribution in [1.82, 2.24) is 9.47 Å². The van der Waals surface area contributed by atoms with Gasteiger partial charge in [-0.1, -0.05) is 30.3 Å². The van der Waals surface area contributed by atoms with Crippen LogP contribution in [0.3, 0.4) is 0 Å². The molecule has 3 nitrogen and oxygen atoms in total. The molecule has 0 N–H and O–H groups in total. The third kappa shape index (κ3) is 3.25. The van der Waals surface area contributed by atoms with Gasteiger partial charge in [0, 0.05) is 37.1 Å². The predicted molar refractivity (Wildman–Crippen MR) is 101 cm³/mol. The zero-order chi connectivity index (χ0) is 17.9. The summed E-state index contributed by atoms with van der Waals surface area (Å²) in [6.45, 7) is 2.69. The molecule has 2 heterocycles. The summed E-state index contributed by atoms with van der Waals surface area (Å²) >= 11 is 0. The zero-order valence-corrected chi connectivity index (χ0v) is 14.9. The van der Waals surface area contributed by atoms with E-state index < -0.39 is 0 Å². The summed E-state index contributed by atoms with van der Waals surface area (Å²) < 4.78 is 21.8. The van der Waals surface area contributed by atoms with Gasteiger partial charge < -0.3 is 9.30 Å². The SMILES string of the molecule is COc1ccccc1CN1CCCn2cccc2C1c1cccc(F)c1. The number of fused-ring (bicyclic) bond motifs is 1. The van der Waals surface area contributed by atoms with Crippen LogP contribution < -0.4 is 4.74 Å². The second-order valence-corrected chi connectivity index (χ2v) is 6.72. The van der Waals surface area contributed by atoms with Crippen molar-refractivity contribution in [2.45, 2.75) is 25.6 Å². The number of methoxy groups -OCH3 is 1. The molecule has 1 aliphatic rings. The normalized spacial score (nSPS) is 17.5. The van der Waals surface area contributed by atoms with Crippen molar-refractivity contribution in [2.75, 3.05) is 13.7 Å². The summed E-state index contributed by atoms with van der Waals surface area (Å²) in [6.07, 6.45) is 3.18. The largest absolute Gasteiger partial charge is 0.496 e. The molecule has 0 aliphatic carbocycles. The first-order valence-corrected chi connectivity index (χ1v) is 9.03. The maximum atomic E-state index is 14.0. The number of hydrogen-bond acceptors (Lipinski definition) is 2. The Morgan fingerprint density at radius 3 is 2.77 bits per heavy atom. The number of para-hydroxylation sites is 1. The van der Waals surface area contributed by atoms with Crippen LogP contribution in [0.4, 0.5) is 4.39 Å². The lowest BCUT2D eigenvalue weighted by Crippen LogP contribution is -2.29. The van der Waals surface area contributed by atoms with E-state index in [2.05, 4.69) is 33.9 Å². The molecule has 4 heteroatoms. The number of aryl methyl sites for hydroxylation is 1. The Balaban J connectivity index is 1.76. The third-order valence-electron chi connectivity index (χ3n) is 5.08. The van der Waals surface area contributed by atoms with Gasteiger partial charge in [0.15, 0.2) is 0 Å². The maximum Gasteiger partial charge on any atom is 0.123 e. The number of hydrogen-bond donors (Lipinski definition) is 0. The average molecular weight is 350 g/mol. The highest BCUT2D eigenvalue weighted by atomic mass is 19.1. The molecule has 0 radical (unpaired) electrons. The molecule has 1 atom stereocenters. The Bertz CT molecular complexity index is 889. The van der Waals surface area contributed by atoms with Crippen molar-refractivity contribution in [2.24, 2.45) is 0 Å². The fraction of sp³-hybridized carbons (Fsp3) is 0.273. The van der Waals surface area contributed by atoms with E-state index in [9.17, 15) is 4.39 Å². The number of halogens is 1. The fourth-order valence-electron chi connectivity index (χ4n) is 3.92. The van der Waals surface area contributed by atoms with Gasteiger partial charge in [0.05, 0.1) is 13.2 Å².